The number of rotatable bonds is 5. The molecular formula is C16H10ClF3N3O3S-. The average molecular weight is 417 g/mol. The lowest BCUT2D eigenvalue weighted by atomic mass is 10.1. The zero-order chi connectivity index (χ0) is 19.6. The normalized spacial score (nSPS) is 12.8. The van der Waals surface area contributed by atoms with Crippen molar-refractivity contribution in [2.24, 2.45) is 0 Å². The van der Waals surface area contributed by atoms with Gasteiger partial charge in [0.1, 0.15) is 12.1 Å². The van der Waals surface area contributed by atoms with Crippen LogP contribution in [0.5, 0.6) is 5.75 Å². The monoisotopic (exact) mass is 416 g/mol. The molecule has 0 radical (unpaired) electrons. The summed E-state index contributed by atoms with van der Waals surface area (Å²) >= 11 is 3.88. The van der Waals surface area contributed by atoms with Crippen molar-refractivity contribution in [3.8, 4) is 22.7 Å². The minimum absolute atomic E-state index is 0.143. The Hall–Kier alpha value is -2.43. The smallest absolute Gasteiger partial charge is 0.573 e. The Bertz CT molecular complexity index is 960. The SMILES string of the molecule is O=S([O-])Cc1ccc(-n2cnc(Cl)c2-c2ccc(OC(F)(F)F)cc2)cn1. The van der Waals surface area contributed by atoms with Crippen LogP contribution < -0.4 is 4.74 Å². The van der Waals surface area contributed by atoms with Crippen molar-refractivity contribution in [2.45, 2.75) is 12.1 Å². The summed E-state index contributed by atoms with van der Waals surface area (Å²) in [5.74, 6) is -0.566. The predicted molar refractivity (Wildman–Crippen MR) is 91.1 cm³/mol. The fourth-order valence-electron chi connectivity index (χ4n) is 2.36. The molecule has 2 heterocycles. The zero-order valence-corrected chi connectivity index (χ0v) is 14.9. The van der Waals surface area contributed by atoms with Gasteiger partial charge in [-0.1, -0.05) is 11.6 Å². The maximum absolute atomic E-state index is 12.3. The molecule has 0 aliphatic heterocycles. The molecule has 142 valence electrons. The van der Waals surface area contributed by atoms with E-state index in [9.17, 15) is 21.9 Å². The second-order valence-electron chi connectivity index (χ2n) is 5.28. The zero-order valence-electron chi connectivity index (χ0n) is 13.3. The Labute approximate surface area is 158 Å². The van der Waals surface area contributed by atoms with E-state index in [1.165, 1.54) is 36.8 Å². The van der Waals surface area contributed by atoms with Gasteiger partial charge in [-0.3, -0.25) is 13.8 Å². The van der Waals surface area contributed by atoms with E-state index in [1.807, 2.05) is 0 Å². The van der Waals surface area contributed by atoms with Crippen LogP contribution in [-0.2, 0) is 16.8 Å². The molecule has 0 fully saturated rings. The van der Waals surface area contributed by atoms with Crippen molar-refractivity contribution in [3.05, 3.63) is 59.8 Å². The minimum Gasteiger partial charge on any atom is -0.772 e. The number of aromatic nitrogens is 3. The van der Waals surface area contributed by atoms with Gasteiger partial charge >= 0.3 is 6.36 Å². The Morgan fingerprint density at radius 1 is 1.15 bits per heavy atom. The quantitative estimate of drug-likeness (QED) is 0.590. The highest BCUT2D eigenvalue weighted by Crippen LogP contribution is 2.32. The highest BCUT2D eigenvalue weighted by molar-refractivity contribution is 7.78. The summed E-state index contributed by atoms with van der Waals surface area (Å²) in [5.41, 5.74) is 1.88. The summed E-state index contributed by atoms with van der Waals surface area (Å²) in [6.45, 7) is 0. The Kier molecular flexibility index (Phi) is 5.49. The van der Waals surface area contributed by atoms with Crippen LogP contribution in [0.15, 0.2) is 48.9 Å². The highest BCUT2D eigenvalue weighted by Gasteiger charge is 2.31. The molecule has 0 aliphatic carbocycles. The van der Waals surface area contributed by atoms with Crippen LogP contribution in [0.4, 0.5) is 13.2 Å². The molecule has 0 saturated carbocycles. The highest BCUT2D eigenvalue weighted by atomic mass is 35.5. The summed E-state index contributed by atoms with van der Waals surface area (Å²) in [6, 6.07) is 8.36. The molecule has 3 aromatic rings. The third kappa shape index (κ3) is 4.85. The fraction of sp³-hybridized carbons (Fsp3) is 0.125. The third-order valence-corrected chi connectivity index (χ3v) is 4.25. The molecule has 1 unspecified atom stereocenters. The number of halogens is 4. The van der Waals surface area contributed by atoms with Crippen molar-refractivity contribution in [2.75, 3.05) is 0 Å². The summed E-state index contributed by atoms with van der Waals surface area (Å²) in [7, 11) is 0. The van der Waals surface area contributed by atoms with Gasteiger partial charge in [-0.25, -0.2) is 4.98 Å². The van der Waals surface area contributed by atoms with Crippen molar-refractivity contribution in [1.29, 1.82) is 0 Å². The van der Waals surface area contributed by atoms with E-state index in [0.717, 1.165) is 0 Å². The van der Waals surface area contributed by atoms with Crippen LogP contribution in [0.25, 0.3) is 16.9 Å². The second kappa shape index (κ2) is 7.67. The predicted octanol–water partition coefficient (Wildman–Crippen LogP) is 3.87. The van der Waals surface area contributed by atoms with Gasteiger partial charge in [-0.2, -0.15) is 0 Å². The second-order valence-corrected chi connectivity index (χ2v) is 6.54. The number of hydrogen-bond donors (Lipinski definition) is 0. The number of imidazole rings is 1. The molecule has 0 saturated heterocycles. The first kappa shape index (κ1) is 19.3. The first-order valence-electron chi connectivity index (χ1n) is 7.33. The summed E-state index contributed by atoms with van der Waals surface area (Å²) in [6.07, 6.45) is -1.90. The van der Waals surface area contributed by atoms with E-state index in [0.29, 0.717) is 22.6 Å². The number of ether oxygens (including phenoxy) is 1. The van der Waals surface area contributed by atoms with Crippen LogP contribution in [-0.4, -0.2) is 29.7 Å². The summed E-state index contributed by atoms with van der Waals surface area (Å²) < 4.78 is 63.7. The first-order valence-corrected chi connectivity index (χ1v) is 8.95. The van der Waals surface area contributed by atoms with Crippen LogP contribution in [0.1, 0.15) is 5.69 Å². The number of pyridine rings is 1. The molecule has 27 heavy (non-hydrogen) atoms. The van der Waals surface area contributed by atoms with Gasteiger partial charge in [-0.05, 0) is 47.5 Å². The standard InChI is InChI=1S/C16H11ClF3N3O3S/c17-15-14(10-1-5-13(6-2-10)26-16(18,19)20)23(9-22-15)12-4-3-11(21-7-12)8-27(24)25/h1-7,9H,8H2,(H,24,25)/p-1. The molecule has 0 spiro atoms. The Balaban J connectivity index is 1.92. The number of alkyl halides is 3. The molecule has 0 aliphatic rings. The molecule has 2 aromatic heterocycles. The van der Waals surface area contributed by atoms with Gasteiger partial charge in [0.15, 0.2) is 5.15 Å². The van der Waals surface area contributed by atoms with E-state index in [4.69, 9.17) is 11.6 Å². The van der Waals surface area contributed by atoms with Crippen molar-refractivity contribution in [1.82, 2.24) is 14.5 Å². The lowest BCUT2D eigenvalue weighted by Gasteiger charge is -2.12. The van der Waals surface area contributed by atoms with E-state index in [-0.39, 0.29) is 16.7 Å². The van der Waals surface area contributed by atoms with Gasteiger partial charge in [0.05, 0.1) is 29.0 Å². The molecule has 1 atom stereocenters. The summed E-state index contributed by atoms with van der Waals surface area (Å²) in [4.78, 5) is 8.08. The number of benzene rings is 1. The number of hydrogen-bond acceptors (Lipinski definition) is 5. The average Bonchev–Trinajstić information content (AvgIpc) is 2.96. The molecule has 11 heteroatoms. The van der Waals surface area contributed by atoms with E-state index in [1.54, 1.807) is 16.7 Å². The van der Waals surface area contributed by atoms with Gasteiger partial charge in [-0.15, -0.1) is 13.2 Å². The van der Waals surface area contributed by atoms with E-state index >= 15 is 0 Å². The number of nitrogens with zero attached hydrogens (tertiary/aromatic N) is 3. The van der Waals surface area contributed by atoms with Crippen LogP contribution in [0, 0.1) is 0 Å². The Morgan fingerprint density at radius 2 is 1.85 bits per heavy atom. The molecule has 1 aromatic carbocycles. The molecule has 0 bridgehead atoms. The van der Waals surface area contributed by atoms with Crippen LogP contribution >= 0.6 is 11.6 Å². The lowest BCUT2D eigenvalue weighted by molar-refractivity contribution is -0.274. The first-order chi connectivity index (χ1) is 12.7. The molecule has 6 nitrogen and oxygen atoms in total. The van der Waals surface area contributed by atoms with Crippen molar-refractivity contribution in [3.63, 3.8) is 0 Å². The van der Waals surface area contributed by atoms with E-state index in [2.05, 4.69) is 14.7 Å². The largest absolute Gasteiger partial charge is 0.772 e. The molecule has 0 amide bonds. The van der Waals surface area contributed by atoms with Gasteiger partial charge in [0.25, 0.3) is 0 Å². The topological polar surface area (TPSA) is 80.1 Å². The summed E-state index contributed by atoms with van der Waals surface area (Å²) in [5, 5.41) is 0.143. The van der Waals surface area contributed by atoms with Crippen LogP contribution in [0.3, 0.4) is 0 Å². The van der Waals surface area contributed by atoms with Crippen molar-refractivity contribution < 1.29 is 26.7 Å². The molecule has 0 N–H and O–H groups in total. The lowest BCUT2D eigenvalue weighted by Crippen LogP contribution is -2.16. The molecule has 3 rings (SSSR count). The van der Waals surface area contributed by atoms with Crippen LogP contribution in [0.2, 0.25) is 5.15 Å². The van der Waals surface area contributed by atoms with E-state index < -0.39 is 17.4 Å². The Morgan fingerprint density at radius 3 is 2.41 bits per heavy atom. The van der Waals surface area contributed by atoms with Gasteiger partial charge in [0.2, 0.25) is 0 Å². The molecular weight excluding hydrogens is 407 g/mol. The third-order valence-electron chi connectivity index (χ3n) is 3.44. The van der Waals surface area contributed by atoms with Gasteiger partial charge < -0.3 is 9.29 Å². The maximum Gasteiger partial charge on any atom is 0.573 e. The van der Waals surface area contributed by atoms with Gasteiger partial charge in [0, 0.05) is 5.56 Å². The fourth-order valence-corrected chi connectivity index (χ4v) is 3.02. The minimum atomic E-state index is -4.78. The van der Waals surface area contributed by atoms with Crippen molar-refractivity contribution >= 4 is 22.7 Å². The maximum atomic E-state index is 12.3.